The Morgan fingerprint density at radius 2 is 2.22 bits per heavy atom. The molecule has 2 unspecified atom stereocenters. The van der Waals surface area contributed by atoms with E-state index in [1.807, 2.05) is 0 Å². The number of alkyl halides is 1. The van der Waals surface area contributed by atoms with Gasteiger partial charge in [0.05, 0.1) is 5.02 Å². The second-order valence-electron chi connectivity index (χ2n) is 4.55. The lowest BCUT2D eigenvalue weighted by Crippen LogP contribution is -2.30. The van der Waals surface area contributed by atoms with Gasteiger partial charge in [-0.3, -0.25) is 4.79 Å². The molecule has 0 aromatic heterocycles. The van der Waals surface area contributed by atoms with Crippen molar-refractivity contribution in [3.8, 4) is 0 Å². The minimum absolute atomic E-state index is 0.0593. The van der Waals surface area contributed by atoms with Gasteiger partial charge in [-0.05, 0) is 52.9 Å². The molecule has 0 aliphatic heterocycles. The Kier molecular flexibility index (Phi) is 5.10. The normalized spacial score (nSPS) is 23.1. The minimum Gasteiger partial charge on any atom is -0.352 e. The summed E-state index contributed by atoms with van der Waals surface area (Å²) < 4.78 is 0.803. The highest BCUT2D eigenvalue weighted by Gasteiger charge is 2.25. The zero-order chi connectivity index (χ0) is 13.1. The topological polar surface area (TPSA) is 29.1 Å². The summed E-state index contributed by atoms with van der Waals surface area (Å²) in [4.78, 5) is 12.5. The number of hydrogen-bond donors (Lipinski definition) is 1. The number of rotatable bonds is 3. The van der Waals surface area contributed by atoms with Gasteiger partial charge in [-0.2, -0.15) is 0 Å². The Balaban J connectivity index is 1.93. The van der Waals surface area contributed by atoms with Crippen LogP contribution < -0.4 is 5.32 Å². The number of hydrogen-bond acceptors (Lipinski definition) is 1. The van der Waals surface area contributed by atoms with Crippen LogP contribution in [-0.2, 0) is 0 Å². The van der Waals surface area contributed by atoms with Gasteiger partial charge < -0.3 is 5.32 Å². The van der Waals surface area contributed by atoms with Gasteiger partial charge in [-0.25, -0.2) is 0 Å². The highest BCUT2D eigenvalue weighted by Crippen LogP contribution is 2.31. The SMILES string of the molecule is O=C(NCC1CCCC1Br)c1ccc(Br)c(Cl)c1. The quantitative estimate of drug-likeness (QED) is 0.756. The van der Waals surface area contributed by atoms with E-state index >= 15 is 0 Å². The molecule has 0 radical (unpaired) electrons. The minimum atomic E-state index is -0.0593. The average Bonchev–Trinajstić information content (AvgIpc) is 2.75. The molecule has 1 aliphatic rings. The monoisotopic (exact) mass is 393 g/mol. The second kappa shape index (κ2) is 6.40. The molecule has 1 aromatic carbocycles. The van der Waals surface area contributed by atoms with E-state index in [0.29, 0.717) is 21.3 Å². The molecule has 2 atom stereocenters. The maximum Gasteiger partial charge on any atom is 0.251 e. The summed E-state index contributed by atoms with van der Waals surface area (Å²) in [5.74, 6) is 0.482. The van der Waals surface area contributed by atoms with Crippen LogP contribution in [0.15, 0.2) is 22.7 Å². The first kappa shape index (κ1) is 14.4. The van der Waals surface area contributed by atoms with Gasteiger partial charge in [-0.1, -0.05) is 34.0 Å². The van der Waals surface area contributed by atoms with E-state index in [1.54, 1.807) is 18.2 Å². The molecule has 1 aromatic rings. The van der Waals surface area contributed by atoms with Crippen LogP contribution in [0.1, 0.15) is 29.6 Å². The number of nitrogens with one attached hydrogen (secondary N) is 1. The summed E-state index contributed by atoms with van der Waals surface area (Å²) >= 11 is 12.9. The number of benzene rings is 1. The molecule has 0 spiro atoms. The van der Waals surface area contributed by atoms with Crippen LogP contribution in [0, 0.1) is 5.92 Å². The standard InChI is InChI=1S/C13H14Br2ClNO/c14-10-3-1-2-9(10)7-17-13(18)8-4-5-11(15)12(16)6-8/h4-6,9-10H,1-3,7H2,(H,17,18). The van der Waals surface area contributed by atoms with E-state index in [2.05, 4.69) is 37.2 Å². The first-order valence-corrected chi connectivity index (χ1v) is 8.04. The maximum atomic E-state index is 12.0. The smallest absolute Gasteiger partial charge is 0.251 e. The summed E-state index contributed by atoms with van der Waals surface area (Å²) in [5.41, 5.74) is 0.604. The predicted molar refractivity (Wildman–Crippen MR) is 81.5 cm³/mol. The first-order valence-electron chi connectivity index (χ1n) is 5.95. The maximum absolute atomic E-state index is 12.0. The molecule has 1 amide bonds. The second-order valence-corrected chi connectivity index (χ2v) is 6.98. The lowest BCUT2D eigenvalue weighted by Gasteiger charge is -2.14. The lowest BCUT2D eigenvalue weighted by atomic mass is 10.1. The molecule has 1 saturated carbocycles. The summed E-state index contributed by atoms with van der Waals surface area (Å²) in [6.07, 6.45) is 3.61. The molecule has 0 heterocycles. The summed E-state index contributed by atoms with van der Waals surface area (Å²) in [6, 6.07) is 5.24. The number of halogens is 3. The fourth-order valence-corrected chi connectivity index (χ4v) is 3.39. The largest absolute Gasteiger partial charge is 0.352 e. The fourth-order valence-electron chi connectivity index (χ4n) is 2.18. The van der Waals surface area contributed by atoms with Crippen molar-refractivity contribution < 1.29 is 4.79 Å². The molecule has 98 valence electrons. The van der Waals surface area contributed by atoms with Crippen LogP contribution in [0.2, 0.25) is 5.02 Å². The molecule has 0 saturated heterocycles. The van der Waals surface area contributed by atoms with Crippen molar-refractivity contribution in [2.75, 3.05) is 6.54 Å². The number of carbonyl (C=O) groups excluding carboxylic acids is 1. The predicted octanol–water partition coefficient (Wildman–Crippen LogP) is 4.40. The van der Waals surface area contributed by atoms with Crippen LogP contribution >= 0.6 is 43.5 Å². The zero-order valence-electron chi connectivity index (χ0n) is 9.76. The first-order chi connectivity index (χ1) is 8.58. The molecule has 5 heteroatoms. The Labute approximate surface area is 129 Å². The van der Waals surface area contributed by atoms with Crippen molar-refractivity contribution in [1.82, 2.24) is 5.32 Å². The van der Waals surface area contributed by atoms with Crippen molar-refractivity contribution in [1.29, 1.82) is 0 Å². The van der Waals surface area contributed by atoms with Crippen LogP contribution in [0.25, 0.3) is 0 Å². The molecule has 1 fully saturated rings. The zero-order valence-corrected chi connectivity index (χ0v) is 13.7. The third-order valence-electron chi connectivity index (χ3n) is 3.27. The van der Waals surface area contributed by atoms with Crippen LogP contribution in [0.4, 0.5) is 0 Å². The highest BCUT2D eigenvalue weighted by atomic mass is 79.9. The van der Waals surface area contributed by atoms with Gasteiger partial charge in [-0.15, -0.1) is 0 Å². The molecule has 1 N–H and O–H groups in total. The van der Waals surface area contributed by atoms with Crippen molar-refractivity contribution >= 4 is 49.4 Å². The molecular formula is C13H14Br2ClNO. The summed E-state index contributed by atoms with van der Waals surface area (Å²) in [6.45, 7) is 0.725. The Bertz CT molecular complexity index is 453. The molecular weight excluding hydrogens is 381 g/mol. The van der Waals surface area contributed by atoms with E-state index in [-0.39, 0.29) is 5.91 Å². The molecule has 0 bridgehead atoms. The fraction of sp³-hybridized carbons (Fsp3) is 0.462. The van der Waals surface area contributed by atoms with Crippen LogP contribution in [0.3, 0.4) is 0 Å². The highest BCUT2D eigenvalue weighted by molar-refractivity contribution is 9.10. The van der Waals surface area contributed by atoms with Crippen molar-refractivity contribution in [3.05, 3.63) is 33.3 Å². The third kappa shape index (κ3) is 3.49. The van der Waals surface area contributed by atoms with Crippen LogP contribution in [-0.4, -0.2) is 17.3 Å². The van der Waals surface area contributed by atoms with Crippen LogP contribution in [0.5, 0.6) is 0 Å². The third-order valence-corrected chi connectivity index (χ3v) is 5.71. The van der Waals surface area contributed by atoms with E-state index in [4.69, 9.17) is 11.6 Å². The van der Waals surface area contributed by atoms with Gasteiger partial charge in [0.1, 0.15) is 0 Å². The van der Waals surface area contributed by atoms with E-state index in [0.717, 1.165) is 11.0 Å². The van der Waals surface area contributed by atoms with E-state index < -0.39 is 0 Å². The van der Waals surface area contributed by atoms with Gasteiger partial charge >= 0.3 is 0 Å². The number of amides is 1. The van der Waals surface area contributed by atoms with E-state index in [1.165, 1.54) is 19.3 Å². The van der Waals surface area contributed by atoms with Gasteiger partial charge in [0.15, 0.2) is 0 Å². The van der Waals surface area contributed by atoms with E-state index in [9.17, 15) is 4.79 Å². The molecule has 2 nitrogen and oxygen atoms in total. The van der Waals surface area contributed by atoms with Gasteiger partial charge in [0.25, 0.3) is 5.91 Å². The summed E-state index contributed by atoms with van der Waals surface area (Å²) in [5, 5.41) is 3.53. The van der Waals surface area contributed by atoms with Crippen molar-refractivity contribution in [2.24, 2.45) is 5.92 Å². The lowest BCUT2D eigenvalue weighted by molar-refractivity contribution is 0.0948. The molecule has 18 heavy (non-hydrogen) atoms. The Morgan fingerprint density at radius 3 is 2.83 bits per heavy atom. The number of carbonyl (C=O) groups is 1. The average molecular weight is 396 g/mol. The summed E-state index contributed by atoms with van der Waals surface area (Å²) in [7, 11) is 0. The Hall–Kier alpha value is -0.0600. The van der Waals surface area contributed by atoms with Gasteiger partial charge in [0.2, 0.25) is 0 Å². The van der Waals surface area contributed by atoms with Gasteiger partial charge in [0, 0.05) is 21.4 Å². The van der Waals surface area contributed by atoms with Crippen molar-refractivity contribution in [2.45, 2.75) is 24.1 Å². The Morgan fingerprint density at radius 1 is 1.44 bits per heavy atom. The van der Waals surface area contributed by atoms with Crippen molar-refractivity contribution in [3.63, 3.8) is 0 Å². The molecule has 1 aliphatic carbocycles. The molecule has 2 rings (SSSR count).